The van der Waals surface area contributed by atoms with Gasteiger partial charge in [-0.1, -0.05) is 37.3 Å². The molecule has 0 aliphatic carbocycles. The van der Waals surface area contributed by atoms with E-state index in [9.17, 15) is 9.18 Å². The minimum Gasteiger partial charge on any atom is -0.297 e. The SMILES string of the molecule is CC(C)c1nnc(NC(=O)/C=C/c2cccc(F)c2)s1. The second kappa shape index (κ2) is 6.38. The summed E-state index contributed by atoms with van der Waals surface area (Å²) in [5.41, 5.74) is 0.625. The first-order valence-electron chi connectivity index (χ1n) is 6.12. The van der Waals surface area contributed by atoms with Crippen LogP contribution in [-0.4, -0.2) is 16.1 Å². The highest BCUT2D eigenvalue weighted by atomic mass is 32.1. The fourth-order valence-corrected chi connectivity index (χ4v) is 2.20. The first-order chi connectivity index (χ1) is 9.54. The molecule has 0 aliphatic rings. The van der Waals surface area contributed by atoms with E-state index >= 15 is 0 Å². The van der Waals surface area contributed by atoms with Gasteiger partial charge in [-0.25, -0.2) is 4.39 Å². The Morgan fingerprint density at radius 1 is 1.40 bits per heavy atom. The van der Waals surface area contributed by atoms with Crippen LogP contribution in [0.4, 0.5) is 9.52 Å². The van der Waals surface area contributed by atoms with Crippen molar-refractivity contribution in [1.82, 2.24) is 10.2 Å². The number of amides is 1. The number of carbonyl (C=O) groups excluding carboxylic acids is 1. The van der Waals surface area contributed by atoms with Crippen LogP contribution in [0.3, 0.4) is 0 Å². The van der Waals surface area contributed by atoms with E-state index in [0.717, 1.165) is 5.01 Å². The van der Waals surface area contributed by atoms with Gasteiger partial charge >= 0.3 is 0 Å². The first kappa shape index (κ1) is 14.3. The number of benzene rings is 1. The van der Waals surface area contributed by atoms with Crippen LogP contribution in [0.5, 0.6) is 0 Å². The van der Waals surface area contributed by atoms with Gasteiger partial charge in [0.25, 0.3) is 0 Å². The molecule has 104 valence electrons. The van der Waals surface area contributed by atoms with E-state index in [4.69, 9.17) is 0 Å². The van der Waals surface area contributed by atoms with Gasteiger partial charge in [-0.3, -0.25) is 10.1 Å². The lowest BCUT2D eigenvalue weighted by Gasteiger charge is -1.96. The highest BCUT2D eigenvalue weighted by Crippen LogP contribution is 2.22. The number of halogens is 1. The molecule has 0 radical (unpaired) electrons. The Kier molecular flexibility index (Phi) is 4.57. The van der Waals surface area contributed by atoms with Gasteiger partial charge in [0.15, 0.2) is 0 Å². The van der Waals surface area contributed by atoms with E-state index in [0.29, 0.717) is 10.7 Å². The molecular weight excluding hydrogens is 277 g/mol. The summed E-state index contributed by atoms with van der Waals surface area (Å²) in [6.07, 6.45) is 2.88. The topological polar surface area (TPSA) is 54.9 Å². The maximum atomic E-state index is 13.0. The molecular formula is C14H14FN3OS. The first-order valence-corrected chi connectivity index (χ1v) is 6.94. The predicted molar refractivity (Wildman–Crippen MR) is 78.1 cm³/mol. The molecule has 2 rings (SSSR count). The fraction of sp³-hybridized carbons (Fsp3) is 0.214. The van der Waals surface area contributed by atoms with E-state index < -0.39 is 0 Å². The standard InChI is InChI=1S/C14H14FN3OS/c1-9(2)13-17-18-14(20-13)16-12(19)7-6-10-4-3-5-11(15)8-10/h3-9H,1-2H3,(H,16,18,19)/b7-6+. The maximum absolute atomic E-state index is 13.0. The van der Waals surface area contributed by atoms with Gasteiger partial charge in [0.2, 0.25) is 11.0 Å². The van der Waals surface area contributed by atoms with Gasteiger partial charge in [-0.15, -0.1) is 10.2 Å². The summed E-state index contributed by atoms with van der Waals surface area (Å²) < 4.78 is 13.0. The molecule has 1 N–H and O–H groups in total. The normalized spacial score (nSPS) is 11.2. The summed E-state index contributed by atoms with van der Waals surface area (Å²) in [5, 5.41) is 11.8. The number of hydrogen-bond donors (Lipinski definition) is 1. The number of nitrogens with zero attached hydrogens (tertiary/aromatic N) is 2. The van der Waals surface area contributed by atoms with Crippen LogP contribution in [-0.2, 0) is 4.79 Å². The lowest BCUT2D eigenvalue weighted by molar-refractivity contribution is -0.111. The second-order valence-corrected chi connectivity index (χ2v) is 5.49. The molecule has 0 spiro atoms. The fourth-order valence-electron chi connectivity index (χ4n) is 1.45. The van der Waals surface area contributed by atoms with Gasteiger partial charge in [0.05, 0.1) is 0 Å². The number of aromatic nitrogens is 2. The molecule has 0 atom stereocenters. The molecule has 0 fully saturated rings. The van der Waals surface area contributed by atoms with Gasteiger partial charge in [0.1, 0.15) is 10.8 Å². The highest BCUT2D eigenvalue weighted by Gasteiger charge is 2.08. The summed E-state index contributed by atoms with van der Waals surface area (Å²) >= 11 is 1.35. The third-order valence-electron chi connectivity index (χ3n) is 2.44. The van der Waals surface area contributed by atoms with E-state index in [1.807, 2.05) is 13.8 Å². The van der Waals surface area contributed by atoms with Crippen molar-refractivity contribution in [2.75, 3.05) is 5.32 Å². The van der Waals surface area contributed by atoms with Crippen LogP contribution < -0.4 is 5.32 Å². The van der Waals surface area contributed by atoms with Gasteiger partial charge in [-0.2, -0.15) is 0 Å². The van der Waals surface area contributed by atoms with Gasteiger partial charge in [-0.05, 0) is 23.8 Å². The summed E-state index contributed by atoms with van der Waals surface area (Å²) in [5.74, 6) is -0.375. The minimum atomic E-state index is -0.335. The Hall–Kier alpha value is -2.08. The molecule has 0 saturated carbocycles. The van der Waals surface area contributed by atoms with Crippen LogP contribution in [0.25, 0.3) is 6.08 Å². The van der Waals surface area contributed by atoms with Crippen LogP contribution in [0.15, 0.2) is 30.3 Å². The molecule has 0 bridgehead atoms. The van der Waals surface area contributed by atoms with Gasteiger partial charge in [0, 0.05) is 12.0 Å². The van der Waals surface area contributed by atoms with Crippen molar-refractivity contribution < 1.29 is 9.18 Å². The number of nitrogens with one attached hydrogen (secondary N) is 1. The van der Waals surface area contributed by atoms with E-state index in [-0.39, 0.29) is 17.6 Å². The van der Waals surface area contributed by atoms with Crippen molar-refractivity contribution in [1.29, 1.82) is 0 Å². The van der Waals surface area contributed by atoms with Crippen LogP contribution >= 0.6 is 11.3 Å². The van der Waals surface area contributed by atoms with Crippen molar-refractivity contribution in [2.45, 2.75) is 19.8 Å². The van der Waals surface area contributed by atoms with E-state index in [1.54, 1.807) is 18.2 Å². The lowest BCUT2D eigenvalue weighted by Crippen LogP contribution is -2.07. The van der Waals surface area contributed by atoms with Crippen molar-refractivity contribution in [2.24, 2.45) is 0 Å². The molecule has 1 aromatic carbocycles. The number of hydrogen-bond acceptors (Lipinski definition) is 4. The summed E-state index contributed by atoms with van der Waals surface area (Å²) in [4.78, 5) is 11.7. The smallest absolute Gasteiger partial charge is 0.250 e. The molecule has 20 heavy (non-hydrogen) atoms. The lowest BCUT2D eigenvalue weighted by atomic mass is 10.2. The summed E-state index contributed by atoms with van der Waals surface area (Å²) in [7, 11) is 0. The Morgan fingerprint density at radius 3 is 2.85 bits per heavy atom. The average Bonchev–Trinajstić information content (AvgIpc) is 2.85. The predicted octanol–water partition coefficient (Wildman–Crippen LogP) is 3.45. The zero-order valence-corrected chi connectivity index (χ0v) is 11.9. The maximum Gasteiger partial charge on any atom is 0.250 e. The van der Waals surface area contributed by atoms with E-state index in [2.05, 4.69) is 15.5 Å². The van der Waals surface area contributed by atoms with E-state index in [1.165, 1.54) is 29.5 Å². The largest absolute Gasteiger partial charge is 0.297 e. The van der Waals surface area contributed by atoms with Crippen molar-refractivity contribution >= 4 is 28.5 Å². The molecule has 1 heterocycles. The van der Waals surface area contributed by atoms with Crippen LogP contribution in [0, 0.1) is 5.82 Å². The average molecular weight is 291 g/mol. The Bertz CT molecular complexity index is 637. The van der Waals surface area contributed by atoms with Crippen molar-refractivity contribution in [3.05, 3.63) is 46.7 Å². The second-order valence-electron chi connectivity index (χ2n) is 4.48. The molecule has 0 aliphatic heterocycles. The Labute approximate surface area is 120 Å². The quantitative estimate of drug-likeness (QED) is 0.878. The zero-order valence-electron chi connectivity index (χ0n) is 11.1. The summed E-state index contributed by atoms with van der Waals surface area (Å²) in [6, 6.07) is 6.01. The molecule has 0 unspecified atom stereocenters. The molecule has 1 aromatic heterocycles. The van der Waals surface area contributed by atoms with Crippen molar-refractivity contribution in [3.63, 3.8) is 0 Å². The van der Waals surface area contributed by atoms with Crippen LogP contribution in [0.2, 0.25) is 0 Å². The van der Waals surface area contributed by atoms with Crippen LogP contribution in [0.1, 0.15) is 30.3 Å². The monoisotopic (exact) mass is 291 g/mol. The molecule has 6 heteroatoms. The third kappa shape index (κ3) is 3.96. The van der Waals surface area contributed by atoms with Crippen molar-refractivity contribution in [3.8, 4) is 0 Å². The highest BCUT2D eigenvalue weighted by molar-refractivity contribution is 7.15. The number of rotatable bonds is 4. The Balaban J connectivity index is 1.98. The third-order valence-corrected chi connectivity index (χ3v) is 3.58. The minimum absolute atomic E-state index is 0.279. The molecule has 2 aromatic rings. The van der Waals surface area contributed by atoms with Gasteiger partial charge < -0.3 is 0 Å². The summed E-state index contributed by atoms with van der Waals surface area (Å²) in [6.45, 7) is 4.02. The molecule has 0 saturated heterocycles. The number of anilines is 1. The molecule has 1 amide bonds. The Morgan fingerprint density at radius 2 is 2.20 bits per heavy atom. The zero-order chi connectivity index (χ0) is 14.5. The molecule has 4 nitrogen and oxygen atoms in total. The number of carbonyl (C=O) groups is 1.